The number of guanidine groups is 1. The summed E-state index contributed by atoms with van der Waals surface area (Å²) in [7, 11) is 1.77. The van der Waals surface area contributed by atoms with E-state index in [4.69, 9.17) is 27.9 Å². The first-order valence-electron chi connectivity index (χ1n) is 10.3. The Morgan fingerprint density at radius 3 is 2.70 bits per heavy atom. The third-order valence-corrected chi connectivity index (χ3v) is 6.50. The van der Waals surface area contributed by atoms with Crippen LogP contribution >= 0.6 is 47.2 Å². The maximum absolute atomic E-state index is 11.9. The summed E-state index contributed by atoms with van der Waals surface area (Å²) in [6.07, 6.45) is 3.22. The van der Waals surface area contributed by atoms with Gasteiger partial charge in [0, 0.05) is 67.8 Å². The van der Waals surface area contributed by atoms with Crippen LogP contribution in [0.25, 0.3) is 0 Å². The van der Waals surface area contributed by atoms with Gasteiger partial charge in [-0.05, 0) is 37.0 Å². The average molecular weight is 569 g/mol. The number of rotatable bonds is 5. The van der Waals surface area contributed by atoms with E-state index in [0.717, 1.165) is 43.9 Å². The molecule has 0 bridgehead atoms. The van der Waals surface area contributed by atoms with Gasteiger partial charge < -0.3 is 20.3 Å². The van der Waals surface area contributed by atoms with Crippen molar-refractivity contribution in [2.75, 3.05) is 39.9 Å². The van der Waals surface area contributed by atoms with Crippen LogP contribution in [0.1, 0.15) is 38.2 Å². The predicted molar refractivity (Wildman–Crippen MR) is 133 cm³/mol. The number of ether oxygens (including phenoxy) is 1. The van der Waals surface area contributed by atoms with Gasteiger partial charge in [0.1, 0.15) is 0 Å². The van der Waals surface area contributed by atoms with Gasteiger partial charge in [-0.3, -0.25) is 9.79 Å². The smallest absolute Gasteiger partial charge is 0.222 e. The number of hydrogen-bond acceptors (Lipinski definition) is 3. The number of carbonyl (C=O) groups excluding carboxylic acids is 1. The van der Waals surface area contributed by atoms with E-state index in [2.05, 4.69) is 15.6 Å². The average Bonchev–Trinajstić information content (AvgIpc) is 3.19. The summed E-state index contributed by atoms with van der Waals surface area (Å²) in [5.41, 5.74) is 0.952. The second-order valence-electron chi connectivity index (χ2n) is 7.77. The molecule has 3 rings (SSSR count). The monoisotopic (exact) mass is 568 g/mol. The molecule has 1 amide bonds. The SMILES string of the molecule is CCC(=O)N1CCC(NC(=NC)NCC2(c3ccc(Cl)cc3Cl)CCOCC2)C1.I. The number of halogens is 3. The first kappa shape index (κ1) is 25.5. The van der Waals surface area contributed by atoms with Crippen LogP contribution < -0.4 is 10.6 Å². The number of carbonyl (C=O) groups is 1. The highest BCUT2D eigenvalue weighted by atomic mass is 127. The van der Waals surface area contributed by atoms with Gasteiger partial charge in [-0.1, -0.05) is 36.2 Å². The van der Waals surface area contributed by atoms with E-state index in [1.807, 2.05) is 24.0 Å². The highest BCUT2D eigenvalue weighted by Crippen LogP contribution is 2.39. The topological polar surface area (TPSA) is 66.0 Å². The van der Waals surface area contributed by atoms with Crippen LogP contribution in [0.3, 0.4) is 0 Å². The molecule has 1 atom stereocenters. The van der Waals surface area contributed by atoms with Crippen LogP contribution in [0.2, 0.25) is 10.0 Å². The third-order valence-electron chi connectivity index (χ3n) is 5.95. The number of likely N-dealkylation sites (tertiary alicyclic amines) is 1. The van der Waals surface area contributed by atoms with Gasteiger partial charge >= 0.3 is 0 Å². The lowest BCUT2D eigenvalue weighted by atomic mass is 9.74. The van der Waals surface area contributed by atoms with Crippen LogP contribution in [0.4, 0.5) is 0 Å². The minimum atomic E-state index is -0.141. The van der Waals surface area contributed by atoms with Crippen molar-refractivity contribution in [1.82, 2.24) is 15.5 Å². The van der Waals surface area contributed by atoms with E-state index >= 15 is 0 Å². The molecule has 168 valence electrons. The first-order valence-corrected chi connectivity index (χ1v) is 11.0. The van der Waals surface area contributed by atoms with Gasteiger partial charge in [0.25, 0.3) is 0 Å². The summed E-state index contributed by atoms with van der Waals surface area (Å²) in [5, 5.41) is 8.29. The largest absolute Gasteiger partial charge is 0.381 e. The van der Waals surface area contributed by atoms with Gasteiger partial charge in [0.2, 0.25) is 5.91 Å². The Hall–Kier alpha value is -0.770. The second kappa shape index (κ2) is 11.7. The van der Waals surface area contributed by atoms with Crippen molar-refractivity contribution in [2.45, 2.75) is 44.1 Å². The Labute approximate surface area is 206 Å². The first-order chi connectivity index (χ1) is 14.0. The standard InChI is InChI=1S/C21H30Cl2N4O2.HI/c1-3-19(28)27-9-6-16(13-27)26-20(24-2)25-14-21(7-10-29-11-8-21)17-5-4-15(22)12-18(17)23;/h4-5,12,16H,3,6-11,13-14H2,1-2H3,(H2,24,25,26);1H. The lowest BCUT2D eigenvalue weighted by Gasteiger charge is -2.39. The van der Waals surface area contributed by atoms with Crippen molar-refractivity contribution in [2.24, 2.45) is 4.99 Å². The van der Waals surface area contributed by atoms with Crippen molar-refractivity contribution in [3.05, 3.63) is 33.8 Å². The van der Waals surface area contributed by atoms with Gasteiger partial charge in [-0.25, -0.2) is 0 Å². The zero-order chi connectivity index (χ0) is 20.9. The summed E-state index contributed by atoms with van der Waals surface area (Å²) in [6, 6.07) is 5.94. The Morgan fingerprint density at radius 1 is 1.33 bits per heavy atom. The highest BCUT2D eigenvalue weighted by molar-refractivity contribution is 14.0. The molecule has 6 nitrogen and oxygen atoms in total. The molecule has 0 saturated carbocycles. The Kier molecular flexibility index (Phi) is 9.97. The maximum atomic E-state index is 11.9. The van der Waals surface area contributed by atoms with Crippen LogP contribution in [0.15, 0.2) is 23.2 Å². The molecule has 30 heavy (non-hydrogen) atoms. The molecule has 9 heteroatoms. The highest BCUT2D eigenvalue weighted by Gasteiger charge is 2.36. The molecule has 1 aromatic rings. The molecule has 2 aliphatic rings. The van der Waals surface area contributed by atoms with E-state index in [1.165, 1.54) is 0 Å². The summed E-state index contributed by atoms with van der Waals surface area (Å²) in [6.45, 7) is 5.51. The zero-order valence-corrected chi connectivity index (χ0v) is 21.4. The lowest BCUT2D eigenvalue weighted by Crippen LogP contribution is -2.50. The normalized spacial score (nSPS) is 21.1. The summed E-state index contributed by atoms with van der Waals surface area (Å²) in [5.74, 6) is 0.951. The number of amides is 1. The third kappa shape index (κ3) is 6.14. The minimum absolute atomic E-state index is 0. The summed E-state index contributed by atoms with van der Waals surface area (Å²) >= 11 is 12.7. The zero-order valence-electron chi connectivity index (χ0n) is 17.5. The Bertz CT molecular complexity index is 757. The van der Waals surface area contributed by atoms with E-state index in [1.54, 1.807) is 13.1 Å². The van der Waals surface area contributed by atoms with Crippen molar-refractivity contribution < 1.29 is 9.53 Å². The second-order valence-corrected chi connectivity index (χ2v) is 8.61. The van der Waals surface area contributed by atoms with Gasteiger partial charge in [-0.2, -0.15) is 0 Å². The van der Waals surface area contributed by atoms with Crippen molar-refractivity contribution in [3.63, 3.8) is 0 Å². The van der Waals surface area contributed by atoms with E-state index in [9.17, 15) is 4.79 Å². The molecular weight excluding hydrogens is 538 g/mol. The number of benzene rings is 1. The van der Waals surface area contributed by atoms with E-state index in [-0.39, 0.29) is 41.3 Å². The predicted octanol–water partition coefficient (Wildman–Crippen LogP) is 3.84. The van der Waals surface area contributed by atoms with Gasteiger partial charge in [0.05, 0.1) is 0 Å². The molecule has 0 aliphatic carbocycles. The minimum Gasteiger partial charge on any atom is -0.381 e. The quantitative estimate of drug-likeness (QED) is 0.322. The van der Waals surface area contributed by atoms with E-state index in [0.29, 0.717) is 36.2 Å². The Balaban J connectivity index is 0.00000320. The molecule has 2 saturated heterocycles. The number of hydrogen-bond donors (Lipinski definition) is 2. The van der Waals surface area contributed by atoms with Gasteiger partial charge in [0.15, 0.2) is 5.96 Å². The van der Waals surface area contributed by atoms with Gasteiger partial charge in [-0.15, -0.1) is 24.0 Å². The number of nitrogens with zero attached hydrogens (tertiary/aromatic N) is 2. The van der Waals surface area contributed by atoms with Crippen LogP contribution in [0.5, 0.6) is 0 Å². The molecule has 1 unspecified atom stereocenters. The molecule has 0 aromatic heterocycles. The molecule has 2 fully saturated rings. The summed E-state index contributed by atoms with van der Waals surface area (Å²) < 4.78 is 5.62. The molecule has 2 aliphatic heterocycles. The maximum Gasteiger partial charge on any atom is 0.222 e. The fourth-order valence-electron chi connectivity index (χ4n) is 4.19. The molecule has 2 heterocycles. The number of aliphatic imine (C=N–C) groups is 1. The molecule has 1 aromatic carbocycles. The van der Waals surface area contributed by atoms with Crippen LogP contribution in [-0.2, 0) is 14.9 Å². The molecule has 0 spiro atoms. The van der Waals surface area contributed by atoms with Crippen LogP contribution in [0, 0.1) is 0 Å². The fourth-order valence-corrected chi connectivity index (χ4v) is 4.80. The van der Waals surface area contributed by atoms with E-state index < -0.39 is 0 Å². The van der Waals surface area contributed by atoms with Crippen molar-refractivity contribution in [3.8, 4) is 0 Å². The molecule has 0 radical (unpaired) electrons. The van der Waals surface area contributed by atoms with Crippen molar-refractivity contribution in [1.29, 1.82) is 0 Å². The molecule has 2 N–H and O–H groups in total. The fraction of sp³-hybridized carbons (Fsp3) is 0.619. The lowest BCUT2D eigenvalue weighted by molar-refractivity contribution is -0.129. The Morgan fingerprint density at radius 2 is 2.07 bits per heavy atom. The number of nitrogens with one attached hydrogen (secondary N) is 2. The van der Waals surface area contributed by atoms with Crippen LogP contribution in [-0.4, -0.2) is 62.7 Å². The summed E-state index contributed by atoms with van der Waals surface area (Å²) in [4.78, 5) is 18.2. The van der Waals surface area contributed by atoms with Crippen molar-refractivity contribution >= 4 is 59.0 Å². The molecular formula is C21H31Cl2IN4O2.